The number of allylic oxidation sites excluding steroid dienone is 2. The fourth-order valence-corrected chi connectivity index (χ4v) is 0.954. The van der Waals surface area contributed by atoms with Crippen molar-refractivity contribution in [3.05, 3.63) is 18.6 Å². The van der Waals surface area contributed by atoms with Gasteiger partial charge in [-0.2, -0.15) is 0 Å². The van der Waals surface area contributed by atoms with Crippen LogP contribution in [0.1, 0.15) is 26.7 Å². The lowest BCUT2D eigenvalue weighted by Gasteiger charge is -2.24. The molecular weight excluding hydrogens is 96.1 g/mol. The van der Waals surface area contributed by atoms with E-state index in [4.69, 9.17) is 0 Å². The second kappa shape index (κ2) is 1.93. The molecule has 0 aromatic rings. The van der Waals surface area contributed by atoms with Crippen molar-refractivity contribution < 1.29 is 0 Å². The van der Waals surface area contributed by atoms with Crippen LogP contribution in [0.2, 0.25) is 0 Å². The van der Waals surface area contributed by atoms with Crippen molar-refractivity contribution in [3.8, 4) is 0 Å². The summed E-state index contributed by atoms with van der Waals surface area (Å²) in [7, 11) is 0. The van der Waals surface area contributed by atoms with Crippen molar-refractivity contribution in [2.24, 2.45) is 5.41 Å². The minimum Gasteiger partial charge on any atom is -0.0877 e. The highest BCUT2D eigenvalue weighted by Crippen LogP contribution is 2.29. The molecule has 0 saturated carbocycles. The Morgan fingerprint density at radius 1 is 1.25 bits per heavy atom. The van der Waals surface area contributed by atoms with Crippen LogP contribution in [0.15, 0.2) is 12.2 Å². The third-order valence-electron chi connectivity index (χ3n) is 1.61. The van der Waals surface area contributed by atoms with Gasteiger partial charge in [-0.25, -0.2) is 0 Å². The standard InChI is InChI=1S/C8H13/c1-8(2)6-4-3-5-7-8/h3-5H,6-7H2,1-2H3. The summed E-state index contributed by atoms with van der Waals surface area (Å²) < 4.78 is 0. The van der Waals surface area contributed by atoms with E-state index in [0.29, 0.717) is 5.41 Å². The van der Waals surface area contributed by atoms with E-state index in [1.54, 1.807) is 0 Å². The fourth-order valence-electron chi connectivity index (χ4n) is 0.954. The van der Waals surface area contributed by atoms with E-state index in [1.165, 1.54) is 12.8 Å². The summed E-state index contributed by atoms with van der Waals surface area (Å²) >= 11 is 0. The van der Waals surface area contributed by atoms with Crippen LogP contribution >= 0.6 is 0 Å². The summed E-state index contributed by atoms with van der Waals surface area (Å²) in [5.41, 5.74) is 0.536. The summed E-state index contributed by atoms with van der Waals surface area (Å²) in [6.45, 7) is 4.60. The Morgan fingerprint density at radius 2 is 2.00 bits per heavy atom. The maximum absolute atomic E-state index is 2.30. The normalized spacial score (nSPS) is 25.8. The van der Waals surface area contributed by atoms with Gasteiger partial charge >= 0.3 is 0 Å². The molecule has 0 saturated heterocycles. The van der Waals surface area contributed by atoms with E-state index in [0.717, 1.165) is 0 Å². The SMILES string of the molecule is CC1(C)C[CH]C=CC1. The summed E-state index contributed by atoms with van der Waals surface area (Å²) in [6, 6.07) is 0. The maximum Gasteiger partial charge on any atom is -0.0165 e. The van der Waals surface area contributed by atoms with Crippen molar-refractivity contribution in [2.45, 2.75) is 26.7 Å². The van der Waals surface area contributed by atoms with Crippen molar-refractivity contribution in [3.63, 3.8) is 0 Å². The highest BCUT2D eigenvalue weighted by Gasteiger charge is 2.16. The summed E-state index contributed by atoms with van der Waals surface area (Å²) in [5, 5.41) is 0. The van der Waals surface area contributed by atoms with E-state index in [9.17, 15) is 0 Å². The monoisotopic (exact) mass is 109 g/mol. The zero-order valence-corrected chi connectivity index (χ0v) is 5.65. The molecule has 0 bridgehead atoms. The molecule has 1 rings (SSSR count). The third kappa shape index (κ3) is 1.36. The van der Waals surface area contributed by atoms with Gasteiger partial charge in [-0.1, -0.05) is 26.0 Å². The maximum atomic E-state index is 2.30. The predicted molar refractivity (Wildman–Crippen MR) is 36.5 cm³/mol. The predicted octanol–water partition coefficient (Wildman–Crippen LogP) is 2.57. The molecule has 8 heavy (non-hydrogen) atoms. The van der Waals surface area contributed by atoms with Crippen molar-refractivity contribution >= 4 is 0 Å². The molecule has 1 radical (unpaired) electrons. The summed E-state index contributed by atoms with van der Waals surface area (Å²) in [5.74, 6) is 0. The fraction of sp³-hybridized carbons (Fsp3) is 0.625. The molecule has 0 aromatic carbocycles. The van der Waals surface area contributed by atoms with E-state index < -0.39 is 0 Å². The van der Waals surface area contributed by atoms with Crippen LogP contribution in [0.5, 0.6) is 0 Å². The summed E-state index contributed by atoms with van der Waals surface area (Å²) in [4.78, 5) is 0. The first-order chi connectivity index (χ1) is 3.71. The molecule has 0 heteroatoms. The lowest BCUT2D eigenvalue weighted by molar-refractivity contribution is 0.360. The Kier molecular flexibility index (Phi) is 1.41. The largest absolute Gasteiger partial charge is 0.0877 e. The Labute approximate surface area is 51.6 Å². The van der Waals surface area contributed by atoms with Crippen molar-refractivity contribution in [2.75, 3.05) is 0 Å². The molecule has 1 aliphatic carbocycles. The number of rotatable bonds is 0. The number of hydrogen-bond donors (Lipinski definition) is 0. The van der Waals surface area contributed by atoms with Gasteiger partial charge in [0.1, 0.15) is 0 Å². The van der Waals surface area contributed by atoms with Gasteiger partial charge in [-0.3, -0.25) is 0 Å². The van der Waals surface area contributed by atoms with Crippen LogP contribution < -0.4 is 0 Å². The smallest absolute Gasteiger partial charge is 0.0165 e. The first-order valence-electron chi connectivity index (χ1n) is 3.19. The lowest BCUT2D eigenvalue weighted by Crippen LogP contribution is -2.11. The van der Waals surface area contributed by atoms with Crippen LogP contribution in [0.3, 0.4) is 0 Å². The molecule has 0 heterocycles. The minimum absolute atomic E-state index is 0.536. The van der Waals surface area contributed by atoms with Crippen molar-refractivity contribution in [1.29, 1.82) is 0 Å². The van der Waals surface area contributed by atoms with E-state index in [1.807, 2.05) is 0 Å². The van der Waals surface area contributed by atoms with Gasteiger partial charge in [0.15, 0.2) is 0 Å². The first kappa shape index (κ1) is 5.87. The molecule has 0 fully saturated rings. The average Bonchev–Trinajstić information content (AvgIpc) is 1.65. The highest BCUT2D eigenvalue weighted by atomic mass is 14.2. The van der Waals surface area contributed by atoms with Gasteiger partial charge in [0.25, 0.3) is 0 Å². The summed E-state index contributed by atoms with van der Waals surface area (Å²) in [6.07, 6.45) is 9.12. The van der Waals surface area contributed by atoms with Crippen LogP contribution in [0.4, 0.5) is 0 Å². The molecule has 0 N–H and O–H groups in total. The molecule has 0 amide bonds. The van der Waals surface area contributed by atoms with Gasteiger partial charge < -0.3 is 0 Å². The van der Waals surface area contributed by atoms with Gasteiger partial charge in [-0.05, 0) is 24.7 Å². The second-order valence-electron chi connectivity index (χ2n) is 3.24. The topological polar surface area (TPSA) is 0 Å². The quantitative estimate of drug-likeness (QED) is 0.448. The number of hydrogen-bond acceptors (Lipinski definition) is 0. The van der Waals surface area contributed by atoms with Gasteiger partial charge in [0.2, 0.25) is 0 Å². The Balaban J connectivity index is 2.50. The van der Waals surface area contributed by atoms with Gasteiger partial charge in [0, 0.05) is 0 Å². The first-order valence-corrected chi connectivity index (χ1v) is 3.19. The Morgan fingerprint density at radius 3 is 2.25 bits per heavy atom. The molecule has 0 unspecified atom stereocenters. The molecule has 0 nitrogen and oxygen atoms in total. The van der Waals surface area contributed by atoms with Crippen LogP contribution in [-0.4, -0.2) is 0 Å². The molecule has 45 valence electrons. The highest BCUT2D eigenvalue weighted by molar-refractivity contribution is 5.04. The zero-order chi connectivity index (χ0) is 6.04. The Hall–Kier alpha value is -0.260. The van der Waals surface area contributed by atoms with E-state index in [-0.39, 0.29) is 0 Å². The van der Waals surface area contributed by atoms with E-state index in [2.05, 4.69) is 32.4 Å². The molecule has 0 aromatic heterocycles. The van der Waals surface area contributed by atoms with Gasteiger partial charge in [0.05, 0.1) is 0 Å². The van der Waals surface area contributed by atoms with Crippen LogP contribution in [-0.2, 0) is 0 Å². The van der Waals surface area contributed by atoms with Crippen molar-refractivity contribution in [1.82, 2.24) is 0 Å². The molecule has 0 aliphatic heterocycles. The molecule has 0 atom stereocenters. The van der Waals surface area contributed by atoms with Gasteiger partial charge in [-0.15, -0.1) is 0 Å². The average molecular weight is 109 g/mol. The third-order valence-corrected chi connectivity index (χ3v) is 1.61. The van der Waals surface area contributed by atoms with Crippen LogP contribution in [0, 0.1) is 11.8 Å². The van der Waals surface area contributed by atoms with E-state index >= 15 is 0 Å². The zero-order valence-electron chi connectivity index (χ0n) is 5.65. The molecule has 0 spiro atoms. The minimum atomic E-state index is 0.536. The molecular formula is C8H13. The lowest BCUT2D eigenvalue weighted by atomic mass is 9.81. The van der Waals surface area contributed by atoms with Crippen LogP contribution in [0.25, 0.3) is 0 Å². The molecule has 1 aliphatic rings. The second-order valence-corrected chi connectivity index (χ2v) is 3.24. The Bertz CT molecular complexity index is 98.6.